The van der Waals surface area contributed by atoms with E-state index in [0.29, 0.717) is 0 Å². The predicted octanol–water partition coefficient (Wildman–Crippen LogP) is 2.05. The first-order valence-electron chi connectivity index (χ1n) is 5.11. The van der Waals surface area contributed by atoms with Crippen LogP contribution in [0.5, 0.6) is 0 Å². The van der Waals surface area contributed by atoms with Crippen molar-refractivity contribution in [2.75, 3.05) is 19.8 Å². The maximum atomic E-state index is 11.7. The van der Waals surface area contributed by atoms with Crippen LogP contribution in [-0.2, 0) is 14.3 Å². The molecule has 0 aromatic carbocycles. The van der Waals surface area contributed by atoms with Gasteiger partial charge in [-0.2, -0.15) is 18.4 Å². The van der Waals surface area contributed by atoms with Gasteiger partial charge in [0.2, 0.25) is 0 Å². The molecule has 1 atom stereocenters. The Labute approximate surface area is 97.3 Å². The molecule has 0 aliphatic carbocycles. The maximum Gasteiger partial charge on any atom is 0.411 e. The minimum absolute atomic E-state index is 0.132. The number of nitriles is 1. The highest BCUT2D eigenvalue weighted by molar-refractivity contribution is 5.75. The van der Waals surface area contributed by atoms with Crippen molar-refractivity contribution in [3.8, 4) is 6.07 Å². The quantitative estimate of drug-likeness (QED) is 0.514. The molecule has 0 fully saturated rings. The summed E-state index contributed by atoms with van der Waals surface area (Å²) in [6, 6.07) is 1.74. The molecular formula is C10H14F3NO3. The van der Waals surface area contributed by atoms with Gasteiger partial charge < -0.3 is 9.47 Å². The van der Waals surface area contributed by atoms with Crippen molar-refractivity contribution in [1.82, 2.24) is 0 Å². The van der Waals surface area contributed by atoms with E-state index < -0.39 is 24.7 Å². The number of carbonyl (C=O) groups excluding carboxylic acids is 1. The minimum atomic E-state index is -4.35. The first kappa shape index (κ1) is 15.7. The molecule has 0 radical (unpaired) electrons. The van der Waals surface area contributed by atoms with Gasteiger partial charge in [0, 0.05) is 6.61 Å². The van der Waals surface area contributed by atoms with E-state index in [9.17, 15) is 18.0 Å². The van der Waals surface area contributed by atoms with E-state index in [4.69, 9.17) is 5.26 Å². The molecule has 0 heterocycles. The highest BCUT2D eigenvalue weighted by Gasteiger charge is 2.27. The van der Waals surface area contributed by atoms with Gasteiger partial charge in [-0.3, -0.25) is 4.79 Å². The van der Waals surface area contributed by atoms with Gasteiger partial charge in [0.1, 0.15) is 12.5 Å². The zero-order valence-corrected chi connectivity index (χ0v) is 9.42. The number of alkyl halides is 3. The molecule has 0 aliphatic heterocycles. The second-order valence-electron chi connectivity index (χ2n) is 3.24. The smallest absolute Gasteiger partial charge is 0.411 e. The van der Waals surface area contributed by atoms with Crippen LogP contribution in [0.2, 0.25) is 0 Å². The Morgan fingerprint density at radius 1 is 1.47 bits per heavy atom. The van der Waals surface area contributed by atoms with Gasteiger partial charge in [-0.25, -0.2) is 0 Å². The summed E-state index contributed by atoms with van der Waals surface area (Å²) >= 11 is 0. The van der Waals surface area contributed by atoms with Crippen LogP contribution in [0.15, 0.2) is 0 Å². The van der Waals surface area contributed by atoms with Crippen LogP contribution in [-0.4, -0.2) is 32.0 Å². The number of hydrogen-bond acceptors (Lipinski definition) is 4. The van der Waals surface area contributed by atoms with E-state index in [1.807, 2.05) is 0 Å². The molecule has 0 saturated carbocycles. The molecule has 0 N–H and O–H groups in total. The number of hydrogen-bond donors (Lipinski definition) is 0. The van der Waals surface area contributed by atoms with Gasteiger partial charge in [0.15, 0.2) is 0 Å². The molecule has 17 heavy (non-hydrogen) atoms. The standard InChI is InChI=1S/C10H14F3NO3/c1-2-17-9(15)8(6-14)4-3-5-16-7-10(11,12)13/h8H,2-5,7H2,1H3. The fraction of sp³-hybridized carbons (Fsp3) is 0.800. The highest BCUT2D eigenvalue weighted by Crippen LogP contribution is 2.15. The first-order valence-corrected chi connectivity index (χ1v) is 5.11. The zero-order valence-electron chi connectivity index (χ0n) is 9.42. The van der Waals surface area contributed by atoms with E-state index in [1.54, 1.807) is 13.0 Å². The van der Waals surface area contributed by atoms with Crippen LogP contribution in [0, 0.1) is 17.2 Å². The van der Waals surface area contributed by atoms with E-state index in [-0.39, 0.29) is 26.1 Å². The fourth-order valence-corrected chi connectivity index (χ4v) is 1.06. The molecule has 0 rings (SSSR count). The van der Waals surface area contributed by atoms with Crippen LogP contribution >= 0.6 is 0 Å². The van der Waals surface area contributed by atoms with Crippen molar-refractivity contribution in [2.45, 2.75) is 25.9 Å². The van der Waals surface area contributed by atoms with Gasteiger partial charge in [-0.1, -0.05) is 0 Å². The SMILES string of the molecule is CCOC(=O)C(C#N)CCCOCC(F)(F)F. The van der Waals surface area contributed by atoms with Gasteiger partial charge in [0.05, 0.1) is 12.7 Å². The normalized spacial score (nSPS) is 12.9. The van der Waals surface area contributed by atoms with E-state index in [0.717, 1.165) is 0 Å². The molecule has 0 aromatic rings. The molecule has 0 amide bonds. The summed E-state index contributed by atoms with van der Waals surface area (Å²) in [6.07, 6.45) is -4.02. The Morgan fingerprint density at radius 2 is 2.12 bits per heavy atom. The highest BCUT2D eigenvalue weighted by atomic mass is 19.4. The number of carbonyl (C=O) groups is 1. The van der Waals surface area contributed by atoms with E-state index in [2.05, 4.69) is 9.47 Å². The summed E-state index contributed by atoms with van der Waals surface area (Å²) in [7, 11) is 0. The molecular weight excluding hydrogens is 239 g/mol. The lowest BCUT2D eigenvalue weighted by atomic mass is 10.1. The summed E-state index contributed by atoms with van der Waals surface area (Å²) in [6.45, 7) is 0.321. The van der Waals surface area contributed by atoms with Crippen LogP contribution in [0.25, 0.3) is 0 Å². The fourth-order valence-electron chi connectivity index (χ4n) is 1.06. The van der Waals surface area contributed by atoms with Crippen molar-refractivity contribution in [3.05, 3.63) is 0 Å². The third-order valence-corrected chi connectivity index (χ3v) is 1.77. The molecule has 0 aromatic heterocycles. The van der Waals surface area contributed by atoms with Crippen LogP contribution in [0.1, 0.15) is 19.8 Å². The Morgan fingerprint density at radius 3 is 2.59 bits per heavy atom. The third-order valence-electron chi connectivity index (χ3n) is 1.77. The van der Waals surface area contributed by atoms with Gasteiger partial charge >= 0.3 is 12.1 Å². The number of nitrogens with zero attached hydrogens (tertiary/aromatic N) is 1. The maximum absolute atomic E-state index is 11.7. The third kappa shape index (κ3) is 8.51. The second kappa shape index (κ2) is 7.90. The summed E-state index contributed by atoms with van der Waals surface area (Å²) in [5.74, 6) is -1.59. The first-order chi connectivity index (χ1) is 7.90. The van der Waals surface area contributed by atoms with Crippen molar-refractivity contribution in [2.24, 2.45) is 5.92 Å². The second-order valence-corrected chi connectivity index (χ2v) is 3.24. The molecule has 0 saturated heterocycles. The molecule has 0 spiro atoms. The lowest BCUT2D eigenvalue weighted by Gasteiger charge is -2.09. The summed E-state index contributed by atoms with van der Waals surface area (Å²) in [4.78, 5) is 11.1. The summed E-state index contributed by atoms with van der Waals surface area (Å²) in [5.41, 5.74) is 0. The van der Waals surface area contributed by atoms with Crippen LogP contribution in [0.4, 0.5) is 13.2 Å². The van der Waals surface area contributed by atoms with E-state index in [1.165, 1.54) is 0 Å². The van der Waals surface area contributed by atoms with Gasteiger partial charge in [0.25, 0.3) is 0 Å². The van der Waals surface area contributed by atoms with Crippen molar-refractivity contribution >= 4 is 5.97 Å². The summed E-state index contributed by atoms with van der Waals surface area (Å²) in [5, 5.41) is 8.64. The molecule has 1 unspecified atom stereocenters. The van der Waals surface area contributed by atoms with Crippen molar-refractivity contribution < 1.29 is 27.4 Å². The molecule has 98 valence electrons. The largest absolute Gasteiger partial charge is 0.465 e. The Kier molecular flexibility index (Phi) is 7.30. The molecule has 0 bridgehead atoms. The van der Waals surface area contributed by atoms with Crippen LogP contribution in [0.3, 0.4) is 0 Å². The minimum Gasteiger partial charge on any atom is -0.465 e. The van der Waals surface area contributed by atoms with Gasteiger partial charge in [-0.15, -0.1) is 0 Å². The van der Waals surface area contributed by atoms with Crippen molar-refractivity contribution in [3.63, 3.8) is 0 Å². The molecule has 0 aliphatic rings. The lowest BCUT2D eigenvalue weighted by molar-refractivity contribution is -0.174. The monoisotopic (exact) mass is 253 g/mol. The van der Waals surface area contributed by atoms with E-state index >= 15 is 0 Å². The lowest BCUT2D eigenvalue weighted by Crippen LogP contribution is -2.19. The van der Waals surface area contributed by atoms with Crippen LogP contribution < -0.4 is 0 Å². The Balaban J connectivity index is 3.72. The molecule has 4 nitrogen and oxygen atoms in total. The number of ether oxygens (including phenoxy) is 2. The zero-order chi connectivity index (χ0) is 13.3. The molecule has 7 heteroatoms. The Hall–Kier alpha value is -1.29. The number of halogens is 3. The average molecular weight is 253 g/mol. The average Bonchev–Trinajstić information content (AvgIpc) is 2.22. The number of esters is 1. The summed E-state index contributed by atoms with van der Waals surface area (Å²) < 4.78 is 44.0. The van der Waals surface area contributed by atoms with Gasteiger partial charge in [-0.05, 0) is 19.8 Å². The number of rotatable bonds is 7. The topological polar surface area (TPSA) is 59.3 Å². The van der Waals surface area contributed by atoms with Crippen molar-refractivity contribution in [1.29, 1.82) is 5.26 Å². The predicted molar refractivity (Wildman–Crippen MR) is 51.8 cm³/mol. The Bertz CT molecular complexity index is 273.